The average molecular weight is 409 g/mol. The molecule has 0 spiro atoms. The predicted molar refractivity (Wildman–Crippen MR) is 126 cm³/mol. The molecule has 4 nitrogen and oxygen atoms in total. The number of nitrogens with zero attached hydrogens (tertiary/aromatic N) is 1. The van der Waals surface area contributed by atoms with Crippen molar-refractivity contribution in [3.05, 3.63) is 24.3 Å². The molecular formula is C25H48N2O2. The van der Waals surface area contributed by atoms with Gasteiger partial charge in [0.25, 0.3) is 0 Å². The van der Waals surface area contributed by atoms with Crippen LogP contribution in [0.3, 0.4) is 0 Å². The first kappa shape index (κ1) is 27.7. The van der Waals surface area contributed by atoms with Gasteiger partial charge >= 0.3 is 6.09 Å². The topological polar surface area (TPSA) is 41.6 Å². The Morgan fingerprint density at radius 3 is 2.00 bits per heavy atom. The van der Waals surface area contributed by atoms with Gasteiger partial charge in [-0.2, -0.15) is 0 Å². The Kier molecular flexibility index (Phi) is 22.0. The number of allylic oxidation sites excluding steroid dienone is 4. The molecule has 1 amide bonds. The number of unbranched alkanes of at least 4 members (excludes halogenated alkanes) is 10. The fourth-order valence-electron chi connectivity index (χ4n) is 3.08. The Morgan fingerprint density at radius 2 is 1.38 bits per heavy atom. The molecule has 0 rings (SSSR count). The van der Waals surface area contributed by atoms with Crippen LogP contribution in [0.5, 0.6) is 0 Å². The van der Waals surface area contributed by atoms with Gasteiger partial charge in [0.2, 0.25) is 0 Å². The number of amides is 1. The van der Waals surface area contributed by atoms with Crippen LogP contribution < -0.4 is 5.32 Å². The number of ether oxygens (including phenoxy) is 1. The first-order chi connectivity index (χ1) is 14.2. The highest BCUT2D eigenvalue weighted by Crippen LogP contribution is 2.09. The molecule has 0 unspecified atom stereocenters. The van der Waals surface area contributed by atoms with Crippen molar-refractivity contribution in [1.82, 2.24) is 10.2 Å². The summed E-state index contributed by atoms with van der Waals surface area (Å²) in [5, 5.41) is 2.84. The van der Waals surface area contributed by atoms with Gasteiger partial charge in [-0.3, -0.25) is 0 Å². The maximum absolute atomic E-state index is 11.5. The van der Waals surface area contributed by atoms with E-state index in [0.717, 1.165) is 32.4 Å². The second kappa shape index (κ2) is 23.0. The molecule has 0 radical (unpaired) electrons. The van der Waals surface area contributed by atoms with Gasteiger partial charge in [0, 0.05) is 13.1 Å². The standard InChI is InChI=1S/C25H48N2O2/c1-4-5-6-7-8-9-10-11-12-13-14-15-16-17-18-19-20-22-26-25(28)29-24-21-23-27(2)3/h8-9,11-12H,4-7,10,13-24H2,1-3H3,(H,26,28)/b9-8-,12-11-. The van der Waals surface area contributed by atoms with Gasteiger partial charge in [0.1, 0.15) is 0 Å². The summed E-state index contributed by atoms with van der Waals surface area (Å²) in [5.41, 5.74) is 0. The quantitative estimate of drug-likeness (QED) is 0.176. The molecule has 0 fully saturated rings. The summed E-state index contributed by atoms with van der Waals surface area (Å²) < 4.78 is 5.14. The van der Waals surface area contributed by atoms with Crippen LogP contribution in [0.2, 0.25) is 0 Å². The Hall–Kier alpha value is -1.29. The SMILES string of the molecule is CCCCC/C=C\C/C=C\CCCCCCCCCNC(=O)OCCCN(C)C. The van der Waals surface area contributed by atoms with E-state index in [2.05, 4.69) is 41.4 Å². The van der Waals surface area contributed by atoms with Crippen molar-refractivity contribution in [3.8, 4) is 0 Å². The van der Waals surface area contributed by atoms with Crippen molar-refractivity contribution in [2.24, 2.45) is 0 Å². The van der Waals surface area contributed by atoms with E-state index >= 15 is 0 Å². The van der Waals surface area contributed by atoms with E-state index in [1.807, 2.05) is 14.1 Å². The van der Waals surface area contributed by atoms with Gasteiger partial charge in [-0.15, -0.1) is 0 Å². The molecule has 0 aliphatic rings. The molecule has 170 valence electrons. The summed E-state index contributed by atoms with van der Waals surface area (Å²) in [7, 11) is 4.04. The van der Waals surface area contributed by atoms with Gasteiger partial charge in [-0.05, 0) is 59.0 Å². The molecule has 0 bridgehead atoms. The molecule has 1 N–H and O–H groups in total. The summed E-state index contributed by atoms with van der Waals surface area (Å²) in [6.45, 7) is 4.42. The Bertz CT molecular complexity index is 406. The van der Waals surface area contributed by atoms with E-state index in [1.54, 1.807) is 0 Å². The number of rotatable bonds is 20. The molecule has 29 heavy (non-hydrogen) atoms. The number of carbonyl (C=O) groups excluding carboxylic acids is 1. The van der Waals surface area contributed by atoms with Crippen LogP contribution in [0, 0.1) is 0 Å². The lowest BCUT2D eigenvalue weighted by Crippen LogP contribution is -2.26. The Morgan fingerprint density at radius 1 is 0.793 bits per heavy atom. The molecule has 0 aromatic heterocycles. The first-order valence-electron chi connectivity index (χ1n) is 12.0. The summed E-state index contributed by atoms with van der Waals surface area (Å²) in [4.78, 5) is 13.6. The van der Waals surface area contributed by atoms with Crippen molar-refractivity contribution in [3.63, 3.8) is 0 Å². The molecule has 0 aromatic rings. The Balaban J connectivity index is 3.23. The Labute approximate surface area is 181 Å². The fraction of sp³-hybridized carbons (Fsp3) is 0.800. The molecule has 0 aliphatic heterocycles. The monoisotopic (exact) mass is 408 g/mol. The van der Waals surface area contributed by atoms with E-state index < -0.39 is 0 Å². The first-order valence-corrected chi connectivity index (χ1v) is 12.0. The van der Waals surface area contributed by atoms with Crippen LogP contribution in [0.1, 0.15) is 96.8 Å². The van der Waals surface area contributed by atoms with Gasteiger partial charge < -0.3 is 15.0 Å². The maximum atomic E-state index is 11.5. The minimum Gasteiger partial charge on any atom is -0.450 e. The molecule has 0 aliphatic carbocycles. The molecule has 0 saturated carbocycles. The van der Waals surface area contributed by atoms with Crippen LogP contribution in [0.4, 0.5) is 4.79 Å². The highest BCUT2D eigenvalue weighted by atomic mass is 16.5. The van der Waals surface area contributed by atoms with Gasteiger partial charge in [-0.1, -0.05) is 76.2 Å². The van der Waals surface area contributed by atoms with Crippen LogP contribution in [0.25, 0.3) is 0 Å². The van der Waals surface area contributed by atoms with E-state index in [4.69, 9.17) is 4.74 Å². The molecular weight excluding hydrogens is 360 g/mol. The molecule has 0 atom stereocenters. The number of hydrogen-bond donors (Lipinski definition) is 1. The third-order valence-corrected chi connectivity index (χ3v) is 4.88. The average Bonchev–Trinajstić information content (AvgIpc) is 2.70. The zero-order valence-electron chi connectivity index (χ0n) is 19.6. The summed E-state index contributed by atoms with van der Waals surface area (Å²) >= 11 is 0. The minimum atomic E-state index is -0.274. The lowest BCUT2D eigenvalue weighted by atomic mass is 10.1. The summed E-state index contributed by atoms with van der Waals surface area (Å²) in [5.74, 6) is 0. The van der Waals surface area contributed by atoms with Crippen molar-refractivity contribution in [2.45, 2.75) is 96.8 Å². The van der Waals surface area contributed by atoms with Crippen LogP contribution in [0.15, 0.2) is 24.3 Å². The van der Waals surface area contributed by atoms with E-state index in [9.17, 15) is 4.79 Å². The zero-order chi connectivity index (χ0) is 21.4. The third kappa shape index (κ3) is 24.7. The van der Waals surface area contributed by atoms with E-state index in [-0.39, 0.29) is 6.09 Å². The van der Waals surface area contributed by atoms with Gasteiger partial charge in [0.05, 0.1) is 6.61 Å². The number of alkyl carbamates (subject to hydrolysis) is 1. The highest BCUT2D eigenvalue weighted by Gasteiger charge is 2.00. The molecule has 0 aromatic carbocycles. The lowest BCUT2D eigenvalue weighted by molar-refractivity contribution is 0.141. The second-order valence-electron chi connectivity index (χ2n) is 8.16. The lowest BCUT2D eigenvalue weighted by Gasteiger charge is -2.10. The van der Waals surface area contributed by atoms with Crippen molar-refractivity contribution >= 4 is 6.09 Å². The van der Waals surface area contributed by atoms with Crippen LogP contribution in [-0.4, -0.2) is 44.8 Å². The van der Waals surface area contributed by atoms with Gasteiger partial charge in [-0.25, -0.2) is 4.79 Å². The largest absolute Gasteiger partial charge is 0.450 e. The maximum Gasteiger partial charge on any atom is 0.407 e. The number of nitrogens with one attached hydrogen (secondary N) is 1. The summed E-state index contributed by atoms with van der Waals surface area (Å²) in [6.07, 6.45) is 26.1. The second-order valence-corrected chi connectivity index (χ2v) is 8.16. The molecule has 4 heteroatoms. The fourth-order valence-corrected chi connectivity index (χ4v) is 3.08. The normalized spacial score (nSPS) is 11.7. The van der Waals surface area contributed by atoms with Crippen molar-refractivity contribution in [1.29, 1.82) is 0 Å². The predicted octanol–water partition coefficient (Wildman–Crippen LogP) is 6.87. The molecule has 0 saturated heterocycles. The van der Waals surface area contributed by atoms with E-state index in [0.29, 0.717) is 6.61 Å². The number of hydrogen-bond acceptors (Lipinski definition) is 3. The van der Waals surface area contributed by atoms with Gasteiger partial charge in [0.15, 0.2) is 0 Å². The zero-order valence-corrected chi connectivity index (χ0v) is 19.6. The summed E-state index contributed by atoms with van der Waals surface area (Å²) in [6, 6.07) is 0. The van der Waals surface area contributed by atoms with Crippen molar-refractivity contribution < 1.29 is 9.53 Å². The number of carbonyl (C=O) groups is 1. The van der Waals surface area contributed by atoms with E-state index in [1.165, 1.54) is 70.6 Å². The smallest absolute Gasteiger partial charge is 0.407 e. The van der Waals surface area contributed by atoms with Crippen LogP contribution in [-0.2, 0) is 4.74 Å². The highest BCUT2D eigenvalue weighted by molar-refractivity contribution is 5.66. The van der Waals surface area contributed by atoms with Crippen LogP contribution >= 0.6 is 0 Å². The molecule has 0 heterocycles. The minimum absolute atomic E-state index is 0.274. The third-order valence-electron chi connectivity index (χ3n) is 4.88. The van der Waals surface area contributed by atoms with Crippen molar-refractivity contribution in [2.75, 3.05) is 33.8 Å².